The molecule has 1 amide bonds. The van der Waals surface area contributed by atoms with Crippen molar-refractivity contribution < 1.29 is 9.53 Å². The van der Waals surface area contributed by atoms with E-state index in [2.05, 4.69) is 21.4 Å². The lowest BCUT2D eigenvalue weighted by molar-refractivity contribution is 0.0757. The smallest absolute Gasteiger partial charge is 0.269 e. The second kappa shape index (κ2) is 9.13. The van der Waals surface area contributed by atoms with Crippen LogP contribution in [0.5, 0.6) is 0 Å². The normalized spacial score (nSPS) is 16.8. The number of carbonyl (C=O) groups excluding carboxylic acids is 1. The van der Waals surface area contributed by atoms with Gasteiger partial charge in [0.1, 0.15) is 15.1 Å². The Hall–Kier alpha value is -4.46. The van der Waals surface area contributed by atoms with Crippen LogP contribution in [0.4, 0.5) is 0 Å². The number of amides is 1. The van der Waals surface area contributed by atoms with Gasteiger partial charge >= 0.3 is 0 Å². The fourth-order valence-electron chi connectivity index (χ4n) is 4.56. The van der Waals surface area contributed by atoms with Gasteiger partial charge in [0.05, 0.1) is 48.2 Å². The summed E-state index contributed by atoms with van der Waals surface area (Å²) in [7, 11) is 1.71. The van der Waals surface area contributed by atoms with E-state index in [1.165, 1.54) is 15.9 Å². The number of fused-ring (bicyclic) bond motifs is 3. The zero-order valence-corrected chi connectivity index (χ0v) is 21.5. The van der Waals surface area contributed by atoms with Gasteiger partial charge in [-0.3, -0.25) is 14.6 Å². The van der Waals surface area contributed by atoms with Gasteiger partial charge in [0.2, 0.25) is 0 Å². The number of hydrogen-bond donors (Lipinski definition) is 1. The van der Waals surface area contributed by atoms with Crippen molar-refractivity contribution in [1.82, 2.24) is 24.8 Å². The molecule has 1 atom stereocenters. The summed E-state index contributed by atoms with van der Waals surface area (Å²) in [6, 6.07) is 15.1. The number of aryl methyl sites for hydroxylation is 1. The molecule has 4 aromatic heterocycles. The van der Waals surface area contributed by atoms with E-state index in [4.69, 9.17) is 9.72 Å². The third kappa shape index (κ3) is 4.12. The maximum Gasteiger partial charge on any atom is 0.269 e. The quantitative estimate of drug-likeness (QED) is 0.380. The number of nitrogens with one attached hydrogen (secondary N) is 1. The van der Waals surface area contributed by atoms with E-state index in [0.29, 0.717) is 50.9 Å². The van der Waals surface area contributed by atoms with Crippen molar-refractivity contribution in [2.24, 2.45) is 7.05 Å². The van der Waals surface area contributed by atoms with E-state index in [0.717, 1.165) is 16.5 Å². The number of thiazole rings is 1. The molecule has 5 heterocycles. The Morgan fingerprint density at radius 1 is 1.21 bits per heavy atom. The van der Waals surface area contributed by atoms with Crippen LogP contribution in [-0.4, -0.2) is 32.0 Å². The highest BCUT2D eigenvalue weighted by Gasteiger charge is 2.33. The molecule has 0 spiro atoms. The Morgan fingerprint density at radius 2 is 2.08 bits per heavy atom. The Labute approximate surface area is 221 Å². The maximum atomic E-state index is 12.9. The van der Waals surface area contributed by atoms with Crippen LogP contribution in [0.25, 0.3) is 31.8 Å². The molecule has 0 unspecified atom stereocenters. The first-order valence-electron chi connectivity index (χ1n) is 12.0. The van der Waals surface area contributed by atoms with E-state index >= 15 is 0 Å². The van der Waals surface area contributed by atoms with Gasteiger partial charge in [0.25, 0.3) is 11.5 Å². The van der Waals surface area contributed by atoms with Gasteiger partial charge in [-0.25, -0.2) is 9.97 Å². The molecule has 6 rings (SSSR count). The van der Waals surface area contributed by atoms with Gasteiger partial charge < -0.3 is 14.6 Å². The Bertz CT molecular complexity index is 1850. The molecule has 1 aromatic carbocycles. The molecule has 188 valence electrons. The fraction of sp³-hybridized carbons (Fsp3) is 0.214. The predicted molar refractivity (Wildman–Crippen MR) is 144 cm³/mol. The molecule has 0 fully saturated rings. The van der Waals surface area contributed by atoms with Crippen LogP contribution in [0.15, 0.2) is 59.7 Å². The number of carbonyl (C=O) groups is 1. The second-order valence-corrected chi connectivity index (χ2v) is 10.5. The number of rotatable bonds is 4. The number of aromatic nitrogens is 4. The first-order chi connectivity index (χ1) is 18.3. The summed E-state index contributed by atoms with van der Waals surface area (Å²) in [6.45, 7) is 2.76. The summed E-state index contributed by atoms with van der Waals surface area (Å²) in [5.41, 5.74) is 4.04. The molecular formula is C28H22N6O3S. The number of nitrogens with zero attached hydrogens (tertiary/aromatic N) is 5. The molecule has 5 aromatic rings. The average Bonchev–Trinajstić information content (AvgIpc) is 3.38. The third-order valence-electron chi connectivity index (χ3n) is 6.76. The summed E-state index contributed by atoms with van der Waals surface area (Å²) in [5, 5.41) is 14.1. The molecule has 0 radical (unpaired) electrons. The van der Waals surface area contributed by atoms with Crippen molar-refractivity contribution in [3.63, 3.8) is 0 Å². The minimum atomic E-state index is -0.788. The summed E-state index contributed by atoms with van der Waals surface area (Å²) < 4.78 is 7.67. The molecule has 1 aliphatic heterocycles. The lowest BCUT2D eigenvalue weighted by Crippen LogP contribution is -2.33. The van der Waals surface area contributed by atoms with E-state index in [1.54, 1.807) is 31.6 Å². The van der Waals surface area contributed by atoms with Crippen molar-refractivity contribution in [2.75, 3.05) is 6.61 Å². The number of pyridine rings is 3. The van der Waals surface area contributed by atoms with Gasteiger partial charge in [0.15, 0.2) is 0 Å². The molecule has 38 heavy (non-hydrogen) atoms. The lowest BCUT2D eigenvalue weighted by Gasteiger charge is -2.30. The topological polar surface area (TPSA) is 123 Å². The molecule has 1 N–H and O–H groups in total. The minimum Gasteiger partial charge on any atom is -0.375 e. The van der Waals surface area contributed by atoms with E-state index in [9.17, 15) is 14.9 Å². The lowest BCUT2D eigenvalue weighted by atomic mass is 9.79. The molecule has 9 nitrogen and oxygen atoms in total. The fourth-order valence-corrected chi connectivity index (χ4v) is 5.56. The van der Waals surface area contributed by atoms with Crippen LogP contribution < -0.4 is 10.9 Å². The van der Waals surface area contributed by atoms with Gasteiger partial charge in [-0.1, -0.05) is 6.07 Å². The highest BCUT2D eigenvalue weighted by molar-refractivity contribution is 7.21. The van der Waals surface area contributed by atoms with E-state index in [1.807, 2.05) is 37.3 Å². The molecule has 0 aliphatic carbocycles. The third-order valence-corrected chi connectivity index (χ3v) is 7.85. The highest BCUT2D eigenvalue weighted by atomic mass is 32.1. The van der Waals surface area contributed by atoms with Crippen molar-refractivity contribution in [1.29, 1.82) is 5.26 Å². The zero-order valence-electron chi connectivity index (χ0n) is 20.7. The van der Waals surface area contributed by atoms with Crippen LogP contribution in [0.3, 0.4) is 0 Å². The van der Waals surface area contributed by atoms with Crippen molar-refractivity contribution in [2.45, 2.75) is 25.5 Å². The van der Waals surface area contributed by atoms with Crippen LogP contribution in [0.1, 0.15) is 34.1 Å². The van der Waals surface area contributed by atoms with Gasteiger partial charge in [-0.15, -0.1) is 11.3 Å². The van der Waals surface area contributed by atoms with Crippen molar-refractivity contribution >= 4 is 38.4 Å². The van der Waals surface area contributed by atoms with Gasteiger partial charge in [-0.2, -0.15) is 5.26 Å². The maximum absolute atomic E-state index is 12.9. The average molecular weight is 523 g/mol. The number of ether oxygens (including phenoxy) is 1. The monoisotopic (exact) mass is 522 g/mol. The first-order valence-corrected chi connectivity index (χ1v) is 12.8. The molecule has 0 saturated carbocycles. The molecule has 1 aliphatic rings. The van der Waals surface area contributed by atoms with Crippen molar-refractivity contribution in [3.8, 4) is 16.8 Å². The Balaban J connectivity index is 1.24. The first kappa shape index (κ1) is 23.9. The largest absolute Gasteiger partial charge is 0.375 e. The van der Waals surface area contributed by atoms with Gasteiger partial charge in [0, 0.05) is 30.4 Å². The standard InChI is InChI=1S/C28H22N6O3S/c1-28(14-29)15-37-13-18-4-3-16(9-20(18)28)25(35)31-12-19-10-23-17(11-30-19)5-6-22(32-23)26-33-21-7-8-34(2)27(36)24(21)38-26/h3-11H,12-13,15H2,1-2H3,(H,31,35)/t28-/m1/s1. The molecule has 10 heteroatoms. The zero-order chi connectivity index (χ0) is 26.4. The summed E-state index contributed by atoms with van der Waals surface area (Å²) >= 11 is 1.32. The Kier molecular flexibility index (Phi) is 5.75. The summed E-state index contributed by atoms with van der Waals surface area (Å²) in [4.78, 5) is 39.2. The highest BCUT2D eigenvalue weighted by Crippen LogP contribution is 2.33. The SMILES string of the molecule is Cn1ccc2nc(-c3ccc4cnc(CNC(=O)c5ccc6c(c5)[C@](C)(C#N)COC6)cc4n3)sc2c1=O. The van der Waals surface area contributed by atoms with Gasteiger partial charge in [-0.05, 0) is 54.4 Å². The van der Waals surface area contributed by atoms with E-state index < -0.39 is 5.41 Å². The predicted octanol–water partition coefficient (Wildman–Crippen LogP) is 3.85. The van der Waals surface area contributed by atoms with Crippen LogP contribution in [-0.2, 0) is 30.4 Å². The van der Waals surface area contributed by atoms with Crippen LogP contribution in [0.2, 0.25) is 0 Å². The molecule has 0 saturated heterocycles. The second-order valence-electron chi connectivity index (χ2n) is 9.52. The van der Waals surface area contributed by atoms with Crippen LogP contribution in [0, 0.1) is 11.3 Å². The number of hydrogen-bond acceptors (Lipinski definition) is 8. The van der Waals surface area contributed by atoms with Crippen LogP contribution >= 0.6 is 11.3 Å². The molecular weight excluding hydrogens is 500 g/mol. The van der Waals surface area contributed by atoms with E-state index in [-0.39, 0.29) is 18.0 Å². The molecule has 0 bridgehead atoms. The summed E-state index contributed by atoms with van der Waals surface area (Å²) in [5.74, 6) is -0.251. The van der Waals surface area contributed by atoms with Crippen molar-refractivity contribution in [3.05, 3.63) is 87.6 Å². The Morgan fingerprint density at radius 3 is 2.92 bits per heavy atom. The number of nitriles is 1. The number of benzene rings is 1. The summed E-state index contributed by atoms with van der Waals surface area (Å²) in [6.07, 6.45) is 3.42. The minimum absolute atomic E-state index is 0.0845.